The lowest BCUT2D eigenvalue weighted by Gasteiger charge is -2.14. The summed E-state index contributed by atoms with van der Waals surface area (Å²) in [7, 11) is 3.27. The fraction of sp³-hybridized carbons (Fsp3) is 0.368. The molecular weight excluding hydrogens is 369 g/mol. The van der Waals surface area contributed by atoms with Crippen molar-refractivity contribution in [2.75, 3.05) is 26.0 Å². The highest BCUT2D eigenvalue weighted by Crippen LogP contribution is 2.38. The summed E-state index contributed by atoms with van der Waals surface area (Å²) >= 11 is 1.44. The minimum atomic E-state index is -0.501. The first kappa shape index (κ1) is 19.3. The topological polar surface area (TPSA) is 85.9 Å². The zero-order valence-corrected chi connectivity index (χ0v) is 16.2. The molecule has 27 heavy (non-hydrogen) atoms. The van der Waals surface area contributed by atoms with Crippen LogP contribution >= 0.6 is 11.3 Å². The van der Waals surface area contributed by atoms with Gasteiger partial charge in [-0.25, -0.2) is 4.39 Å². The maximum Gasteiger partial charge on any atom is 0.280 e. The molecule has 0 spiro atoms. The Hall–Kier alpha value is -2.45. The number of methoxy groups -OCH3 is 1. The fourth-order valence-corrected chi connectivity index (χ4v) is 4.74. The van der Waals surface area contributed by atoms with Crippen LogP contribution in [0.4, 0.5) is 9.39 Å². The average Bonchev–Trinajstić information content (AvgIpc) is 3.14. The van der Waals surface area contributed by atoms with E-state index in [0.29, 0.717) is 17.1 Å². The second-order valence-corrected chi connectivity index (χ2v) is 7.86. The first-order valence-corrected chi connectivity index (χ1v) is 9.58. The largest absolute Gasteiger partial charge is 0.494 e. The van der Waals surface area contributed by atoms with E-state index in [4.69, 9.17) is 10.5 Å². The quantitative estimate of drug-likeness (QED) is 0.661. The van der Waals surface area contributed by atoms with Gasteiger partial charge in [0.25, 0.3) is 11.8 Å². The van der Waals surface area contributed by atoms with E-state index in [1.165, 1.54) is 24.5 Å². The van der Waals surface area contributed by atoms with Gasteiger partial charge in [-0.05, 0) is 43.0 Å². The second kappa shape index (κ2) is 8.06. The summed E-state index contributed by atoms with van der Waals surface area (Å²) < 4.78 is 18.7. The molecule has 144 valence electrons. The summed E-state index contributed by atoms with van der Waals surface area (Å²) in [5.41, 5.74) is 7.72. The van der Waals surface area contributed by atoms with Crippen LogP contribution < -0.4 is 20.7 Å². The van der Waals surface area contributed by atoms with Gasteiger partial charge < -0.3 is 20.7 Å². The van der Waals surface area contributed by atoms with Crippen LogP contribution in [0.5, 0.6) is 5.75 Å². The molecular formula is C19H23FN3O3S+. The number of benzene rings is 1. The van der Waals surface area contributed by atoms with Gasteiger partial charge in [0, 0.05) is 10.4 Å². The third-order valence-electron chi connectivity index (χ3n) is 4.61. The van der Waals surface area contributed by atoms with Gasteiger partial charge in [-0.15, -0.1) is 11.3 Å². The van der Waals surface area contributed by atoms with Crippen LogP contribution in [0.1, 0.15) is 32.8 Å². The number of rotatable bonds is 7. The van der Waals surface area contributed by atoms with Gasteiger partial charge in [0.1, 0.15) is 11.5 Å². The van der Waals surface area contributed by atoms with E-state index in [1.807, 2.05) is 7.05 Å². The fourth-order valence-electron chi connectivity index (χ4n) is 3.43. The number of thiophene rings is 1. The molecule has 0 saturated heterocycles. The number of carbonyl (C=O) groups is 2. The Balaban J connectivity index is 1.63. The number of hydrogen-bond acceptors (Lipinski definition) is 4. The number of nitrogens with two attached hydrogens (primary N) is 1. The van der Waals surface area contributed by atoms with E-state index in [2.05, 4.69) is 5.32 Å². The van der Waals surface area contributed by atoms with Crippen molar-refractivity contribution in [3.63, 3.8) is 0 Å². The molecule has 3 rings (SSSR count). The molecule has 1 atom stereocenters. The smallest absolute Gasteiger partial charge is 0.280 e. The Morgan fingerprint density at radius 2 is 2.15 bits per heavy atom. The minimum absolute atomic E-state index is 0.189. The van der Waals surface area contributed by atoms with E-state index in [9.17, 15) is 14.0 Å². The van der Waals surface area contributed by atoms with E-state index in [-0.39, 0.29) is 18.2 Å². The molecule has 1 heterocycles. The van der Waals surface area contributed by atoms with Gasteiger partial charge in [0.15, 0.2) is 18.1 Å². The average molecular weight is 392 g/mol. The van der Waals surface area contributed by atoms with Crippen molar-refractivity contribution >= 4 is 28.2 Å². The van der Waals surface area contributed by atoms with Crippen molar-refractivity contribution < 1.29 is 23.6 Å². The van der Waals surface area contributed by atoms with Crippen LogP contribution in [0.15, 0.2) is 18.2 Å². The van der Waals surface area contributed by atoms with Crippen molar-refractivity contribution in [2.24, 2.45) is 5.73 Å². The third-order valence-corrected chi connectivity index (χ3v) is 5.81. The molecule has 2 amide bonds. The highest BCUT2D eigenvalue weighted by molar-refractivity contribution is 7.17. The number of halogens is 1. The maximum absolute atomic E-state index is 13.8. The monoisotopic (exact) mass is 392 g/mol. The molecule has 1 aromatic carbocycles. The number of ether oxygens (including phenoxy) is 1. The molecule has 2 aromatic rings. The predicted molar refractivity (Wildman–Crippen MR) is 102 cm³/mol. The predicted octanol–water partition coefficient (Wildman–Crippen LogP) is 1.14. The molecule has 8 heteroatoms. The van der Waals surface area contributed by atoms with E-state index in [1.54, 1.807) is 12.1 Å². The molecule has 1 aliphatic carbocycles. The summed E-state index contributed by atoms with van der Waals surface area (Å²) in [5.74, 6) is -0.937. The normalized spacial score (nSPS) is 13.9. The van der Waals surface area contributed by atoms with Gasteiger partial charge in [-0.1, -0.05) is 0 Å². The molecule has 6 nitrogen and oxygen atoms in total. The second-order valence-electron chi connectivity index (χ2n) is 6.75. The minimum Gasteiger partial charge on any atom is -0.494 e. The molecule has 4 N–H and O–H groups in total. The van der Waals surface area contributed by atoms with Crippen molar-refractivity contribution in [1.82, 2.24) is 0 Å². The van der Waals surface area contributed by atoms with Crippen LogP contribution in [0.25, 0.3) is 0 Å². The van der Waals surface area contributed by atoms with Crippen molar-refractivity contribution in [3.05, 3.63) is 45.6 Å². The Kier molecular flexibility index (Phi) is 5.76. The Morgan fingerprint density at radius 3 is 2.81 bits per heavy atom. The summed E-state index contributed by atoms with van der Waals surface area (Å²) in [6.45, 7) is 0.673. The zero-order valence-electron chi connectivity index (χ0n) is 15.4. The number of nitrogens with one attached hydrogen (secondary N) is 2. The first-order chi connectivity index (χ1) is 12.9. The number of amides is 2. The van der Waals surface area contributed by atoms with Gasteiger partial charge in [-0.2, -0.15) is 0 Å². The number of quaternary nitrogens is 1. The summed E-state index contributed by atoms with van der Waals surface area (Å²) in [6, 6.07) is 4.76. The molecule has 0 radical (unpaired) electrons. The van der Waals surface area contributed by atoms with Crippen molar-refractivity contribution in [3.8, 4) is 5.75 Å². The molecule has 1 aromatic heterocycles. The number of anilines is 1. The number of likely N-dealkylation sites (N-methyl/N-ethyl adjacent to an activating group) is 1. The van der Waals surface area contributed by atoms with Crippen molar-refractivity contribution in [2.45, 2.75) is 25.8 Å². The highest BCUT2D eigenvalue weighted by Gasteiger charge is 2.26. The standard InChI is InChI=1S/C19H22FN3O3S/c1-23(9-11-6-7-14(26-2)13(20)8-11)10-16(24)22-19-17(18(21)25)12-4-3-5-15(12)27-19/h6-8H,3-5,9-10H2,1-2H3,(H2,21,25)(H,22,24)/p+1. The Labute approximate surface area is 161 Å². The van der Waals surface area contributed by atoms with Crippen LogP contribution in [0.3, 0.4) is 0 Å². The molecule has 0 bridgehead atoms. The van der Waals surface area contributed by atoms with Gasteiger partial charge in [0.05, 0.1) is 19.7 Å². The Morgan fingerprint density at radius 1 is 1.37 bits per heavy atom. The highest BCUT2D eigenvalue weighted by atomic mass is 32.1. The van der Waals surface area contributed by atoms with Crippen LogP contribution in [-0.4, -0.2) is 32.5 Å². The van der Waals surface area contributed by atoms with E-state index < -0.39 is 11.7 Å². The lowest BCUT2D eigenvalue weighted by atomic mass is 10.1. The van der Waals surface area contributed by atoms with Crippen molar-refractivity contribution in [1.29, 1.82) is 0 Å². The summed E-state index contributed by atoms with van der Waals surface area (Å²) in [4.78, 5) is 26.2. The van der Waals surface area contributed by atoms with Crippen LogP contribution in [0, 0.1) is 5.82 Å². The number of fused-ring (bicyclic) bond motifs is 1. The van der Waals surface area contributed by atoms with Gasteiger partial charge in [0.2, 0.25) is 0 Å². The third kappa shape index (κ3) is 4.28. The SMILES string of the molecule is COc1ccc(C[NH+](C)CC(=O)Nc2sc3c(c2C(N)=O)CCC3)cc1F. The molecule has 0 saturated carbocycles. The maximum atomic E-state index is 13.8. The number of primary amides is 1. The summed E-state index contributed by atoms with van der Waals surface area (Å²) in [5, 5.41) is 3.37. The molecule has 1 unspecified atom stereocenters. The molecule has 0 fully saturated rings. The van der Waals surface area contributed by atoms with E-state index in [0.717, 1.165) is 40.2 Å². The lowest BCUT2D eigenvalue weighted by molar-refractivity contribution is -0.885. The summed E-state index contributed by atoms with van der Waals surface area (Å²) in [6.07, 6.45) is 2.76. The first-order valence-electron chi connectivity index (χ1n) is 8.77. The van der Waals surface area contributed by atoms with Gasteiger partial charge >= 0.3 is 0 Å². The van der Waals surface area contributed by atoms with Crippen LogP contribution in [-0.2, 0) is 24.2 Å². The van der Waals surface area contributed by atoms with Gasteiger partial charge in [-0.3, -0.25) is 9.59 Å². The molecule has 1 aliphatic rings. The zero-order chi connectivity index (χ0) is 19.6. The molecule has 0 aliphatic heterocycles. The van der Waals surface area contributed by atoms with Crippen LogP contribution in [0.2, 0.25) is 0 Å². The number of hydrogen-bond donors (Lipinski definition) is 3. The van der Waals surface area contributed by atoms with E-state index >= 15 is 0 Å². The number of aryl methyl sites for hydroxylation is 1. The lowest BCUT2D eigenvalue weighted by Crippen LogP contribution is -3.08. The number of carbonyl (C=O) groups excluding carboxylic acids is 2. The Bertz CT molecular complexity index is 881.